The van der Waals surface area contributed by atoms with Crippen molar-refractivity contribution in [2.45, 2.75) is 32.7 Å². The van der Waals surface area contributed by atoms with Crippen molar-refractivity contribution < 1.29 is 0 Å². The van der Waals surface area contributed by atoms with Gasteiger partial charge in [-0.25, -0.2) is 0 Å². The van der Waals surface area contributed by atoms with E-state index in [0.29, 0.717) is 11.5 Å². The van der Waals surface area contributed by atoms with Gasteiger partial charge in [-0.2, -0.15) is 0 Å². The van der Waals surface area contributed by atoms with Crippen molar-refractivity contribution in [3.05, 3.63) is 29.6 Å². The molecule has 2 rings (SSSR count). The predicted molar refractivity (Wildman–Crippen MR) is 58.1 cm³/mol. The molecule has 1 heterocycles. The monoisotopic (exact) mass is 190 g/mol. The summed E-state index contributed by atoms with van der Waals surface area (Å²) in [4.78, 5) is 4.44. The first kappa shape index (κ1) is 9.66. The summed E-state index contributed by atoms with van der Waals surface area (Å²) < 4.78 is 0. The fourth-order valence-electron chi connectivity index (χ4n) is 2.47. The zero-order chi connectivity index (χ0) is 10.2. The normalized spacial score (nSPS) is 24.4. The Hall–Kier alpha value is -0.890. The van der Waals surface area contributed by atoms with Crippen LogP contribution in [-0.4, -0.2) is 12.0 Å². The lowest BCUT2D eigenvalue weighted by Gasteiger charge is -2.39. The Kier molecular flexibility index (Phi) is 2.31. The first-order valence-corrected chi connectivity index (χ1v) is 5.26. The molecular weight excluding hydrogens is 172 g/mol. The Bertz CT molecular complexity index is 331. The average molecular weight is 190 g/mol. The number of hydrogen-bond donors (Lipinski definition) is 1. The summed E-state index contributed by atoms with van der Waals surface area (Å²) in [5.74, 6) is 0. The van der Waals surface area contributed by atoms with Crippen LogP contribution < -0.4 is 5.32 Å². The van der Waals surface area contributed by atoms with E-state index in [1.165, 1.54) is 17.7 Å². The van der Waals surface area contributed by atoms with Gasteiger partial charge >= 0.3 is 0 Å². The van der Waals surface area contributed by atoms with E-state index in [0.717, 1.165) is 6.42 Å². The Balaban J connectivity index is 2.45. The van der Waals surface area contributed by atoms with Gasteiger partial charge in [-0.15, -0.1) is 0 Å². The number of pyridine rings is 1. The van der Waals surface area contributed by atoms with E-state index in [1.807, 2.05) is 19.3 Å². The molecule has 0 aliphatic heterocycles. The van der Waals surface area contributed by atoms with E-state index in [1.54, 1.807) is 0 Å². The van der Waals surface area contributed by atoms with E-state index >= 15 is 0 Å². The van der Waals surface area contributed by atoms with Crippen LogP contribution in [0, 0.1) is 5.41 Å². The highest BCUT2D eigenvalue weighted by molar-refractivity contribution is 5.28. The molecule has 0 saturated carbocycles. The van der Waals surface area contributed by atoms with Crippen LogP contribution in [0.3, 0.4) is 0 Å². The van der Waals surface area contributed by atoms with Crippen molar-refractivity contribution in [3.63, 3.8) is 0 Å². The summed E-state index contributed by atoms with van der Waals surface area (Å²) in [5, 5.41) is 3.41. The highest BCUT2D eigenvalue weighted by Crippen LogP contribution is 2.42. The smallest absolute Gasteiger partial charge is 0.0451 e. The highest BCUT2D eigenvalue weighted by atomic mass is 14.9. The lowest BCUT2D eigenvalue weighted by Crippen LogP contribution is -2.36. The number of rotatable bonds is 1. The molecule has 0 radical (unpaired) electrons. The minimum atomic E-state index is 0.338. The number of nitrogens with zero attached hydrogens (tertiary/aromatic N) is 1. The molecule has 1 atom stereocenters. The Morgan fingerprint density at radius 1 is 1.50 bits per heavy atom. The van der Waals surface area contributed by atoms with Crippen LogP contribution >= 0.6 is 0 Å². The third-order valence-electron chi connectivity index (χ3n) is 3.31. The van der Waals surface area contributed by atoms with Crippen LogP contribution in [0.25, 0.3) is 0 Å². The standard InChI is InChI=1S/C12H18N2/c1-12(2)7-6-10-9(11(12)13-3)5-4-8-14-10/h4-5,8,11,13H,6-7H2,1-3H3. The number of fused-ring (bicyclic) bond motifs is 1. The quantitative estimate of drug-likeness (QED) is 0.735. The Morgan fingerprint density at radius 3 is 3.00 bits per heavy atom. The van der Waals surface area contributed by atoms with Gasteiger partial charge in [-0.3, -0.25) is 4.98 Å². The Labute approximate surface area is 85.7 Å². The van der Waals surface area contributed by atoms with Gasteiger partial charge in [0.1, 0.15) is 0 Å². The van der Waals surface area contributed by atoms with Crippen LogP contribution in [0.1, 0.15) is 37.6 Å². The van der Waals surface area contributed by atoms with Crippen LogP contribution in [0.5, 0.6) is 0 Å². The van der Waals surface area contributed by atoms with Gasteiger partial charge in [-0.05, 0) is 36.9 Å². The van der Waals surface area contributed by atoms with Crippen molar-refractivity contribution in [1.82, 2.24) is 10.3 Å². The van der Waals surface area contributed by atoms with Crippen molar-refractivity contribution in [3.8, 4) is 0 Å². The summed E-state index contributed by atoms with van der Waals surface area (Å²) in [6, 6.07) is 4.68. The molecule has 2 nitrogen and oxygen atoms in total. The van der Waals surface area contributed by atoms with Crippen LogP contribution in [0.15, 0.2) is 18.3 Å². The molecule has 76 valence electrons. The largest absolute Gasteiger partial charge is 0.312 e. The predicted octanol–water partition coefficient (Wildman–Crippen LogP) is 2.31. The van der Waals surface area contributed by atoms with E-state index in [-0.39, 0.29) is 0 Å². The van der Waals surface area contributed by atoms with Gasteiger partial charge in [0.25, 0.3) is 0 Å². The first-order chi connectivity index (χ1) is 6.65. The maximum absolute atomic E-state index is 4.44. The lowest BCUT2D eigenvalue weighted by atomic mass is 9.72. The second kappa shape index (κ2) is 3.35. The molecule has 0 amide bonds. The summed E-state index contributed by atoms with van der Waals surface area (Å²) in [6.07, 6.45) is 4.22. The van der Waals surface area contributed by atoms with E-state index in [2.05, 4.69) is 30.2 Å². The molecule has 1 N–H and O–H groups in total. The molecule has 2 heteroatoms. The molecule has 1 aromatic rings. The van der Waals surface area contributed by atoms with Gasteiger partial charge in [0, 0.05) is 17.9 Å². The minimum absolute atomic E-state index is 0.338. The molecule has 1 aromatic heterocycles. The molecule has 0 fully saturated rings. The zero-order valence-electron chi connectivity index (χ0n) is 9.17. The van der Waals surface area contributed by atoms with Gasteiger partial charge in [0.05, 0.1) is 0 Å². The molecule has 0 spiro atoms. The lowest BCUT2D eigenvalue weighted by molar-refractivity contribution is 0.217. The molecule has 1 aliphatic carbocycles. The fourth-order valence-corrected chi connectivity index (χ4v) is 2.47. The molecule has 0 bridgehead atoms. The number of hydrogen-bond acceptors (Lipinski definition) is 2. The highest BCUT2D eigenvalue weighted by Gasteiger charge is 2.34. The molecule has 14 heavy (non-hydrogen) atoms. The van der Waals surface area contributed by atoms with E-state index in [9.17, 15) is 0 Å². The second-order valence-corrected chi connectivity index (χ2v) is 4.75. The zero-order valence-corrected chi connectivity index (χ0v) is 9.17. The summed E-state index contributed by atoms with van der Waals surface area (Å²) >= 11 is 0. The van der Waals surface area contributed by atoms with Crippen LogP contribution in [-0.2, 0) is 6.42 Å². The van der Waals surface area contributed by atoms with Crippen molar-refractivity contribution >= 4 is 0 Å². The van der Waals surface area contributed by atoms with Gasteiger partial charge in [-0.1, -0.05) is 19.9 Å². The summed E-state index contributed by atoms with van der Waals surface area (Å²) in [6.45, 7) is 4.65. The molecule has 1 aliphatic rings. The van der Waals surface area contributed by atoms with E-state index in [4.69, 9.17) is 0 Å². The summed E-state index contributed by atoms with van der Waals surface area (Å²) in [7, 11) is 2.04. The number of aromatic nitrogens is 1. The van der Waals surface area contributed by atoms with E-state index < -0.39 is 0 Å². The fraction of sp³-hybridized carbons (Fsp3) is 0.583. The van der Waals surface area contributed by atoms with Crippen molar-refractivity contribution in [2.24, 2.45) is 5.41 Å². The van der Waals surface area contributed by atoms with Gasteiger partial charge in [0.15, 0.2) is 0 Å². The van der Waals surface area contributed by atoms with Crippen molar-refractivity contribution in [1.29, 1.82) is 0 Å². The SMILES string of the molecule is CNC1c2cccnc2CCC1(C)C. The van der Waals surface area contributed by atoms with Crippen molar-refractivity contribution in [2.75, 3.05) is 7.05 Å². The number of nitrogens with one attached hydrogen (secondary N) is 1. The molecule has 0 saturated heterocycles. The Morgan fingerprint density at radius 2 is 2.29 bits per heavy atom. The third kappa shape index (κ3) is 1.44. The minimum Gasteiger partial charge on any atom is -0.312 e. The van der Waals surface area contributed by atoms with Crippen LogP contribution in [0.4, 0.5) is 0 Å². The first-order valence-electron chi connectivity index (χ1n) is 5.26. The van der Waals surface area contributed by atoms with Gasteiger partial charge < -0.3 is 5.32 Å². The molecule has 1 unspecified atom stereocenters. The average Bonchev–Trinajstić information content (AvgIpc) is 2.17. The van der Waals surface area contributed by atoms with Gasteiger partial charge in [0.2, 0.25) is 0 Å². The molecular formula is C12H18N2. The topological polar surface area (TPSA) is 24.9 Å². The summed E-state index contributed by atoms with van der Waals surface area (Å²) in [5.41, 5.74) is 2.99. The third-order valence-corrected chi connectivity index (χ3v) is 3.31. The number of aryl methyl sites for hydroxylation is 1. The maximum Gasteiger partial charge on any atom is 0.0451 e. The van der Waals surface area contributed by atoms with Crippen LogP contribution in [0.2, 0.25) is 0 Å². The second-order valence-electron chi connectivity index (χ2n) is 4.75. The molecule has 0 aromatic carbocycles. The maximum atomic E-state index is 4.44.